The van der Waals surface area contributed by atoms with Crippen LogP contribution in [0.1, 0.15) is 45.4 Å². The first-order valence-electron chi connectivity index (χ1n) is 8.20. The number of hydrogen-bond donors (Lipinski definition) is 1. The summed E-state index contributed by atoms with van der Waals surface area (Å²) in [7, 11) is 4.33. The second-order valence-electron chi connectivity index (χ2n) is 7.29. The van der Waals surface area contributed by atoms with E-state index in [1.165, 1.54) is 38.5 Å². The summed E-state index contributed by atoms with van der Waals surface area (Å²) < 4.78 is 0. The van der Waals surface area contributed by atoms with Crippen molar-refractivity contribution in [3.63, 3.8) is 0 Å². The summed E-state index contributed by atoms with van der Waals surface area (Å²) in [5, 5.41) is 0. The lowest BCUT2D eigenvalue weighted by Crippen LogP contribution is -2.43. The number of likely N-dealkylation sites (tertiary alicyclic amines) is 1. The maximum absolute atomic E-state index is 6.22. The number of hydrogen-bond acceptors (Lipinski definition) is 2. The number of nitrogens with zero attached hydrogens (tertiary/aromatic N) is 3. The van der Waals surface area contributed by atoms with Gasteiger partial charge in [0.25, 0.3) is 0 Å². The molecule has 0 aromatic carbocycles. The highest BCUT2D eigenvalue weighted by Gasteiger charge is 2.34. The molecule has 1 aliphatic heterocycles. The van der Waals surface area contributed by atoms with E-state index in [4.69, 9.17) is 10.7 Å². The summed E-state index contributed by atoms with van der Waals surface area (Å²) in [6, 6.07) is 0. The van der Waals surface area contributed by atoms with Gasteiger partial charge < -0.3 is 15.5 Å². The van der Waals surface area contributed by atoms with E-state index >= 15 is 0 Å². The minimum absolute atomic E-state index is 0.372. The Morgan fingerprint density at radius 1 is 1.25 bits per heavy atom. The predicted octanol–water partition coefficient (Wildman–Crippen LogP) is 2.15. The molecule has 20 heavy (non-hydrogen) atoms. The van der Waals surface area contributed by atoms with Gasteiger partial charge in [0.15, 0.2) is 5.96 Å². The highest BCUT2D eigenvalue weighted by atomic mass is 15.3. The lowest BCUT2D eigenvalue weighted by Gasteiger charge is -2.33. The molecule has 0 aromatic rings. The third kappa shape index (κ3) is 4.11. The Morgan fingerprint density at radius 3 is 2.40 bits per heavy atom. The molecule has 0 aromatic heterocycles. The van der Waals surface area contributed by atoms with Crippen molar-refractivity contribution in [2.75, 3.05) is 40.3 Å². The third-order valence-corrected chi connectivity index (χ3v) is 5.00. The van der Waals surface area contributed by atoms with Gasteiger partial charge in [-0.1, -0.05) is 19.8 Å². The Hall–Kier alpha value is -0.770. The maximum Gasteiger partial charge on any atom is 0.191 e. The molecule has 2 N–H and O–H groups in total. The summed E-state index contributed by atoms with van der Waals surface area (Å²) in [6.45, 7) is 6.54. The van der Waals surface area contributed by atoms with Crippen molar-refractivity contribution in [1.29, 1.82) is 0 Å². The van der Waals surface area contributed by atoms with Crippen molar-refractivity contribution in [3.05, 3.63) is 0 Å². The first-order chi connectivity index (χ1) is 9.51. The molecule has 0 amide bonds. The van der Waals surface area contributed by atoms with Gasteiger partial charge in [-0.2, -0.15) is 0 Å². The average Bonchev–Trinajstić information content (AvgIpc) is 2.85. The number of aliphatic imine (C=N–C) groups is 1. The van der Waals surface area contributed by atoms with E-state index in [1.807, 2.05) is 0 Å². The fourth-order valence-corrected chi connectivity index (χ4v) is 3.75. The van der Waals surface area contributed by atoms with Crippen LogP contribution in [0.5, 0.6) is 0 Å². The molecule has 2 aliphatic rings. The summed E-state index contributed by atoms with van der Waals surface area (Å²) in [5.74, 6) is 1.62. The summed E-state index contributed by atoms with van der Waals surface area (Å²) in [5.41, 5.74) is 6.60. The standard InChI is InChI=1S/C16H32N4/c1-14-6-10-20(11-7-14)15(17)18-12-16(13-19(2)3)8-4-5-9-16/h14H,4-13H2,1-3H3,(H2,17,18). The molecule has 1 heterocycles. The van der Waals surface area contributed by atoms with Gasteiger partial charge in [0, 0.05) is 31.6 Å². The van der Waals surface area contributed by atoms with Crippen LogP contribution >= 0.6 is 0 Å². The highest BCUT2D eigenvalue weighted by molar-refractivity contribution is 5.78. The molecule has 0 atom stereocenters. The monoisotopic (exact) mass is 280 g/mol. The Balaban J connectivity index is 1.92. The van der Waals surface area contributed by atoms with E-state index < -0.39 is 0 Å². The Morgan fingerprint density at radius 2 is 1.85 bits per heavy atom. The van der Waals surface area contributed by atoms with Crippen LogP contribution in [0.4, 0.5) is 0 Å². The predicted molar refractivity (Wildman–Crippen MR) is 85.9 cm³/mol. The number of rotatable bonds is 4. The third-order valence-electron chi connectivity index (χ3n) is 5.00. The van der Waals surface area contributed by atoms with Gasteiger partial charge in [0.05, 0.1) is 0 Å². The van der Waals surface area contributed by atoms with Crippen LogP contribution in [0.25, 0.3) is 0 Å². The van der Waals surface area contributed by atoms with Crippen LogP contribution < -0.4 is 5.73 Å². The first-order valence-corrected chi connectivity index (χ1v) is 8.20. The summed E-state index contributed by atoms with van der Waals surface area (Å²) in [4.78, 5) is 9.36. The van der Waals surface area contributed by atoms with E-state index in [0.29, 0.717) is 5.41 Å². The Labute approximate surface area is 124 Å². The minimum Gasteiger partial charge on any atom is -0.370 e. The molecule has 0 radical (unpaired) electrons. The van der Waals surface area contributed by atoms with E-state index in [2.05, 4.69) is 30.8 Å². The molecule has 0 spiro atoms. The molecule has 0 unspecified atom stereocenters. The molecule has 1 saturated carbocycles. The highest BCUT2D eigenvalue weighted by Crippen LogP contribution is 2.38. The van der Waals surface area contributed by atoms with Gasteiger partial charge in [0.2, 0.25) is 0 Å². The van der Waals surface area contributed by atoms with Crippen molar-refractivity contribution < 1.29 is 0 Å². The van der Waals surface area contributed by atoms with E-state index in [-0.39, 0.29) is 0 Å². The van der Waals surface area contributed by atoms with Crippen LogP contribution in [-0.4, -0.2) is 56.0 Å². The summed E-state index contributed by atoms with van der Waals surface area (Å²) in [6.07, 6.45) is 7.81. The molecule has 116 valence electrons. The zero-order chi connectivity index (χ0) is 14.6. The van der Waals surface area contributed by atoms with Crippen LogP contribution in [0.3, 0.4) is 0 Å². The van der Waals surface area contributed by atoms with Crippen molar-refractivity contribution in [3.8, 4) is 0 Å². The summed E-state index contributed by atoms with van der Waals surface area (Å²) >= 11 is 0. The second-order valence-corrected chi connectivity index (χ2v) is 7.29. The molecule has 4 heteroatoms. The van der Waals surface area contributed by atoms with Crippen molar-refractivity contribution in [1.82, 2.24) is 9.80 Å². The molecular formula is C16H32N4. The maximum atomic E-state index is 6.22. The largest absolute Gasteiger partial charge is 0.370 e. The Bertz CT molecular complexity index is 323. The van der Waals surface area contributed by atoms with E-state index in [0.717, 1.165) is 38.1 Å². The fourth-order valence-electron chi connectivity index (χ4n) is 3.75. The number of piperidine rings is 1. The minimum atomic E-state index is 0.372. The van der Waals surface area contributed by atoms with Crippen molar-refractivity contribution >= 4 is 5.96 Å². The molecule has 2 rings (SSSR count). The molecule has 1 saturated heterocycles. The lowest BCUT2D eigenvalue weighted by molar-refractivity contribution is 0.208. The molecule has 0 bridgehead atoms. The van der Waals surface area contributed by atoms with E-state index in [1.54, 1.807) is 0 Å². The zero-order valence-electron chi connectivity index (χ0n) is 13.6. The number of nitrogens with two attached hydrogens (primary N) is 1. The molecule has 1 aliphatic carbocycles. The van der Waals surface area contributed by atoms with Gasteiger partial charge in [-0.15, -0.1) is 0 Å². The smallest absolute Gasteiger partial charge is 0.191 e. The lowest BCUT2D eigenvalue weighted by atomic mass is 9.86. The van der Waals surface area contributed by atoms with Crippen LogP contribution in [-0.2, 0) is 0 Å². The molecule has 2 fully saturated rings. The SMILES string of the molecule is CC1CCN(C(N)=NCC2(CN(C)C)CCCC2)CC1. The van der Waals surface area contributed by atoms with Gasteiger partial charge in [-0.3, -0.25) is 4.99 Å². The zero-order valence-corrected chi connectivity index (χ0v) is 13.6. The van der Waals surface area contributed by atoms with Gasteiger partial charge in [-0.05, 0) is 45.7 Å². The average molecular weight is 280 g/mol. The van der Waals surface area contributed by atoms with Crippen LogP contribution in [0.2, 0.25) is 0 Å². The first kappa shape index (κ1) is 15.6. The van der Waals surface area contributed by atoms with Gasteiger partial charge in [-0.25, -0.2) is 0 Å². The van der Waals surface area contributed by atoms with E-state index in [9.17, 15) is 0 Å². The topological polar surface area (TPSA) is 44.9 Å². The number of guanidine groups is 1. The van der Waals surface area contributed by atoms with Gasteiger partial charge in [0.1, 0.15) is 0 Å². The van der Waals surface area contributed by atoms with Crippen molar-refractivity contribution in [2.45, 2.75) is 45.4 Å². The quantitative estimate of drug-likeness (QED) is 0.634. The van der Waals surface area contributed by atoms with Gasteiger partial charge >= 0.3 is 0 Å². The van der Waals surface area contributed by atoms with Crippen LogP contribution in [0.15, 0.2) is 4.99 Å². The van der Waals surface area contributed by atoms with Crippen LogP contribution in [0, 0.1) is 11.3 Å². The molecule has 4 nitrogen and oxygen atoms in total. The normalized spacial score (nSPS) is 24.6. The van der Waals surface area contributed by atoms with Crippen molar-refractivity contribution in [2.24, 2.45) is 22.1 Å². The second kappa shape index (κ2) is 6.79. The Kier molecular flexibility index (Phi) is 5.30. The molecular weight excluding hydrogens is 248 g/mol. The fraction of sp³-hybridized carbons (Fsp3) is 0.938.